The largest absolute Gasteiger partial charge is 0.378 e. The van der Waals surface area contributed by atoms with E-state index < -0.39 is 17.2 Å². The molecule has 0 aliphatic heterocycles. The van der Waals surface area contributed by atoms with Crippen molar-refractivity contribution in [2.75, 3.05) is 24.7 Å². The lowest BCUT2D eigenvalue weighted by atomic mass is 10.1. The minimum absolute atomic E-state index is 0.157. The van der Waals surface area contributed by atoms with Crippen molar-refractivity contribution in [2.45, 2.75) is 6.92 Å². The van der Waals surface area contributed by atoms with Gasteiger partial charge in [0.05, 0.1) is 16.1 Å². The molecule has 7 heteroatoms. The van der Waals surface area contributed by atoms with E-state index in [4.69, 9.17) is 5.73 Å². The average molecular weight is 375 g/mol. The maximum Gasteiger partial charge on any atom is 0.180 e. The van der Waals surface area contributed by atoms with Gasteiger partial charge in [0.1, 0.15) is 11.6 Å². The molecular formula is C19H19F2N3OS. The highest BCUT2D eigenvalue weighted by molar-refractivity contribution is 7.18. The maximum absolute atomic E-state index is 12.4. The number of nitrogen functional groups attached to an aromatic ring is 1. The minimum atomic E-state index is -0.824. The van der Waals surface area contributed by atoms with Gasteiger partial charge in [0.15, 0.2) is 11.4 Å². The van der Waals surface area contributed by atoms with E-state index in [1.54, 1.807) is 0 Å². The molecule has 4 nitrogen and oxygen atoms in total. The second kappa shape index (κ2) is 8.53. The van der Waals surface area contributed by atoms with Crippen LogP contribution < -0.4 is 10.6 Å². The molecule has 0 unspecified atom stereocenters. The number of nitrogens with zero attached hydrogens (tertiary/aromatic N) is 2. The van der Waals surface area contributed by atoms with Crippen molar-refractivity contribution >= 4 is 28.4 Å². The molecule has 0 atom stereocenters. The van der Waals surface area contributed by atoms with Gasteiger partial charge < -0.3 is 10.6 Å². The molecule has 0 saturated carbocycles. The van der Waals surface area contributed by atoms with Crippen LogP contribution in [0.5, 0.6) is 0 Å². The molecule has 3 rings (SSSR count). The molecule has 0 aliphatic rings. The zero-order chi connectivity index (χ0) is 19.3. The topological polar surface area (TPSA) is 59.2 Å². The van der Waals surface area contributed by atoms with E-state index in [-0.39, 0.29) is 6.29 Å². The van der Waals surface area contributed by atoms with E-state index >= 15 is 0 Å². The smallest absolute Gasteiger partial charge is 0.180 e. The third-order valence-corrected chi connectivity index (χ3v) is 4.61. The standard InChI is InChI=1S/C12H15N3S.C7H4F2O/c1-8-11(16-12(13)14-8)9-4-6-10(7-5-9)15(2)3;8-6-2-1-3-7(9)5(6)4-10/h4-7H,1-3H3,(H2,13,14);1-4H. The summed E-state index contributed by atoms with van der Waals surface area (Å²) in [5.41, 5.74) is 8.55. The third-order valence-electron chi connectivity index (χ3n) is 3.58. The van der Waals surface area contributed by atoms with Gasteiger partial charge >= 0.3 is 0 Å². The molecule has 0 bridgehead atoms. The number of nitrogens with two attached hydrogens (primary N) is 1. The van der Waals surface area contributed by atoms with E-state index in [0.29, 0.717) is 5.13 Å². The number of carbonyl (C=O) groups is 1. The minimum Gasteiger partial charge on any atom is -0.378 e. The molecule has 2 aromatic carbocycles. The van der Waals surface area contributed by atoms with Gasteiger partial charge in [-0.2, -0.15) is 0 Å². The van der Waals surface area contributed by atoms with Crippen LogP contribution in [-0.2, 0) is 0 Å². The lowest BCUT2D eigenvalue weighted by Gasteiger charge is -2.12. The van der Waals surface area contributed by atoms with Crippen molar-refractivity contribution in [3.05, 3.63) is 65.4 Å². The van der Waals surface area contributed by atoms with Crippen LogP contribution >= 0.6 is 11.3 Å². The predicted octanol–water partition coefficient (Wildman–Crippen LogP) is 4.54. The number of thiazole rings is 1. The van der Waals surface area contributed by atoms with Gasteiger partial charge in [-0.3, -0.25) is 4.79 Å². The SMILES string of the molecule is Cc1nc(N)sc1-c1ccc(N(C)C)cc1.O=Cc1c(F)cccc1F. The summed E-state index contributed by atoms with van der Waals surface area (Å²) in [6.45, 7) is 1.99. The molecule has 0 spiro atoms. The second-order valence-corrected chi connectivity index (χ2v) is 6.69. The molecule has 0 aliphatic carbocycles. The number of aldehydes is 1. The van der Waals surface area contributed by atoms with E-state index in [2.05, 4.69) is 34.1 Å². The molecule has 136 valence electrons. The Bertz CT molecular complexity index is 872. The van der Waals surface area contributed by atoms with Crippen molar-refractivity contribution in [2.24, 2.45) is 0 Å². The predicted molar refractivity (Wildman–Crippen MR) is 103 cm³/mol. The number of rotatable bonds is 3. The van der Waals surface area contributed by atoms with Crippen LogP contribution in [0.15, 0.2) is 42.5 Å². The van der Waals surface area contributed by atoms with Gasteiger partial charge in [0.25, 0.3) is 0 Å². The number of anilines is 2. The first kappa shape index (κ1) is 19.5. The number of benzene rings is 2. The average Bonchev–Trinajstić information content (AvgIpc) is 2.94. The number of aromatic nitrogens is 1. The highest BCUT2D eigenvalue weighted by Gasteiger charge is 2.08. The molecule has 0 amide bonds. The number of halogens is 2. The van der Waals surface area contributed by atoms with E-state index in [1.165, 1.54) is 28.7 Å². The van der Waals surface area contributed by atoms with Crippen molar-refractivity contribution in [1.82, 2.24) is 4.98 Å². The summed E-state index contributed by atoms with van der Waals surface area (Å²) < 4.78 is 24.8. The summed E-state index contributed by atoms with van der Waals surface area (Å²) in [5, 5.41) is 0.629. The van der Waals surface area contributed by atoms with Gasteiger partial charge in [-0.1, -0.05) is 29.5 Å². The second-order valence-electron chi connectivity index (χ2n) is 5.66. The zero-order valence-corrected chi connectivity index (χ0v) is 15.5. The Morgan fingerprint density at radius 2 is 1.65 bits per heavy atom. The summed E-state index contributed by atoms with van der Waals surface area (Å²) in [7, 11) is 4.07. The van der Waals surface area contributed by atoms with Crippen LogP contribution in [-0.4, -0.2) is 25.4 Å². The quantitative estimate of drug-likeness (QED) is 0.683. The van der Waals surface area contributed by atoms with Gasteiger partial charge in [-0.15, -0.1) is 0 Å². The van der Waals surface area contributed by atoms with Gasteiger partial charge in [0, 0.05) is 19.8 Å². The molecule has 2 N–H and O–H groups in total. The van der Waals surface area contributed by atoms with Gasteiger partial charge in [0.2, 0.25) is 0 Å². The Balaban J connectivity index is 0.000000209. The molecule has 26 heavy (non-hydrogen) atoms. The number of hydrogen-bond donors (Lipinski definition) is 1. The molecule has 0 fully saturated rings. The summed E-state index contributed by atoms with van der Waals surface area (Å²) in [4.78, 5) is 17.4. The highest BCUT2D eigenvalue weighted by atomic mass is 32.1. The van der Waals surface area contributed by atoms with E-state index in [1.807, 2.05) is 21.0 Å². The molecule has 1 aromatic heterocycles. The van der Waals surface area contributed by atoms with Crippen LogP contribution in [0.1, 0.15) is 16.1 Å². The molecule has 1 heterocycles. The molecule has 3 aromatic rings. The number of aryl methyl sites for hydroxylation is 1. The van der Waals surface area contributed by atoms with Crippen molar-refractivity contribution in [3.8, 4) is 10.4 Å². The monoisotopic (exact) mass is 375 g/mol. The Hall–Kier alpha value is -2.80. The summed E-state index contributed by atoms with van der Waals surface area (Å²) in [6, 6.07) is 11.7. The lowest BCUT2D eigenvalue weighted by molar-refractivity contribution is 0.111. The zero-order valence-electron chi connectivity index (χ0n) is 14.7. The number of carbonyl (C=O) groups excluding carboxylic acids is 1. The van der Waals surface area contributed by atoms with E-state index in [9.17, 15) is 13.6 Å². The van der Waals surface area contributed by atoms with Gasteiger partial charge in [-0.25, -0.2) is 13.8 Å². The molecule has 0 saturated heterocycles. The summed E-state index contributed by atoms with van der Waals surface area (Å²) in [6.07, 6.45) is 0.157. The lowest BCUT2D eigenvalue weighted by Crippen LogP contribution is -2.07. The van der Waals surface area contributed by atoms with Crippen LogP contribution in [0.2, 0.25) is 0 Å². The van der Waals surface area contributed by atoms with Crippen molar-refractivity contribution in [1.29, 1.82) is 0 Å². The first-order valence-corrected chi connectivity index (χ1v) is 8.55. The van der Waals surface area contributed by atoms with Crippen LogP contribution in [0.4, 0.5) is 19.6 Å². The Morgan fingerprint density at radius 3 is 2.04 bits per heavy atom. The summed E-state index contributed by atoms with van der Waals surface area (Å²) >= 11 is 1.53. The maximum atomic E-state index is 12.4. The number of hydrogen-bond acceptors (Lipinski definition) is 5. The van der Waals surface area contributed by atoms with Crippen LogP contribution in [0.3, 0.4) is 0 Å². The first-order chi connectivity index (χ1) is 12.3. The first-order valence-electron chi connectivity index (χ1n) is 7.73. The Morgan fingerprint density at radius 1 is 1.08 bits per heavy atom. The van der Waals surface area contributed by atoms with Crippen molar-refractivity contribution in [3.63, 3.8) is 0 Å². The summed E-state index contributed by atoms with van der Waals surface area (Å²) in [5.74, 6) is -1.65. The third kappa shape index (κ3) is 4.64. The fraction of sp³-hybridized carbons (Fsp3) is 0.158. The Kier molecular flexibility index (Phi) is 6.41. The van der Waals surface area contributed by atoms with Crippen LogP contribution in [0, 0.1) is 18.6 Å². The van der Waals surface area contributed by atoms with E-state index in [0.717, 1.165) is 22.7 Å². The van der Waals surface area contributed by atoms with Crippen molar-refractivity contribution < 1.29 is 13.6 Å². The molecular weight excluding hydrogens is 356 g/mol. The molecule has 0 radical (unpaired) electrons. The Labute approximate surface area is 154 Å². The fourth-order valence-electron chi connectivity index (χ4n) is 2.22. The fourth-order valence-corrected chi connectivity index (χ4v) is 3.06. The van der Waals surface area contributed by atoms with Gasteiger partial charge in [-0.05, 0) is 36.8 Å². The highest BCUT2D eigenvalue weighted by Crippen LogP contribution is 2.32. The normalized spacial score (nSPS) is 10.0. The van der Waals surface area contributed by atoms with Crippen LogP contribution in [0.25, 0.3) is 10.4 Å².